The molecule has 2 amide bonds. The number of carbonyl (C=O) groups excluding carboxylic acids is 2. The lowest BCUT2D eigenvalue weighted by atomic mass is 10.1. The van der Waals surface area contributed by atoms with E-state index in [2.05, 4.69) is 10.6 Å². The van der Waals surface area contributed by atoms with Crippen molar-refractivity contribution in [3.63, 3.8) is 0 Å². The maximum absolute atomic E-state index is 12.3. The molecule has 136 valence electrons. The van der Waals surface area contributed by atoms with Crippen molar-refractivity contribution in [2.75, 3.05) is 10.6 Å². The van der Waals surface area contributed by atoms with E-state index < -0.39 is 0 Å². The van der Waals surface area contributed by atoms with Crippen molar-refractivity contribution < 1.29 is 9.59 Å². The number of carbonyl (C=O) groups is 2. The van der Waals surface area contributed by atoms with Gasteiger partial charge in [-0.1, -0.05) is 47.0 Å². The van der Waals surface area contributed by atoms with E-state index in [1.54, 1.807) is 42.5 Å². The molecule has 0 radical (unpaired) electrons. The highest BCUT2D eigenvalue weighted by Gasteiger charge is 2.11. The minimum Gasteiger partial charge on any atom is -0.322 e. The number of benzene rings is 3. The van der Waals surface area contributed by atoms with Gasteiger partial charge in [-0.05, 0) is 56.3 Å². The summed E-state index contributed by atoms with van der Waals surface area (Å²) >= 11 is 6.27. The summed E-state index contributed by atoms with van der Waals surface area (Å²) in [5.41, 5.74) is 4.32. The summed E-state index contributed by atoms with van der Waals surface area (Å²) in [5.74, 6) is -0.462. The van der Waals surface area contributed by atoms with Crippen LogP contribution in [0.1, 0.15) is 31.8 Å². The van der Waals surface area contributed by atoms with Gasteiger partial charge in [-0.15, -0.1) is 0 Å². The fourth-order valence-corrected chi connectivity index (χ4v) is 2.73. The second-order valence-corrected chi connectivity index (χ2v) is 6.74. The summed E-state index contributed by atoms with van der Waals surface area (Å²) < 4.78 is 0. The normalized spacial score (nSPS) is 10.3. The highest BCUT2D eigenvalue weighted by atomic mass is 35.5. The number of aryl methyl sites for hydroxylation is 2. The van der Waals surface area contributed by atoms with Crippen LogP contribution >= 0.6 is 11.6 Å². The third-order valence-corrected chi connectivity index (χ3v) is 4.42. The Balaban J connectivity index is 1.69. The standard InChI is InChI=1S/C22H19ClN2O2/c1-14-3-7-16(8-4-14)21(26)24-18-11-12-20(19(23)13-18)25-22(27)17-9-5-15(2)6-10-17/h3-13H,1-2H3,(H,24,26)(H,25,27). The third kappa shape index (κ3) is 4.74. The van der Waals surface area contributed by atoms with Gasteiger partial charge in [0.1, 0.15) is 0 Å². The first kappa shape index (κ1) is 18.7. The summed E-state index contributed by atoms with van der Waals surface area (Å²) in [6, 6.07) is 19.5. The number of hydrogen-bond donors (Lipinski definition) is 2. The molecule has 4 nitrogen and oxygen atoms in total. The van der Waals surface area contributed by atoms with E-state index in [0.717, 1.165) is 11.1 Å². The molecule has 3 aromatic carbocycles. The van der Waals surface area contributed by atoms with Gasteiger partial charge in [-0.2, -0.15) is 0 Å². The molecule has 3 aromatic rings. The molecule has 0 saturated carbocycles. The Morgan fingerprint density at radius 3 is 1.67 bits per heavy atom. The fraction of sp³-hybridized carbons (Fsp3) is 0.0909. The molecule has 0 saturated heterocycles. The number of amides is 2. The molecule has 0 unspecified atom stereocenters. The minimum atomic E-state index is -0.242. The molecule has 0 spiro atoms. The number of hydrogen-bond acceptors (Lipinski definition) is 2. The second kappa shape index (κ2) is 8.06. The van der Waals surface area contributed by atoms with E-state index in [-0.39, 0.29) is 11.8 Å². The molecule has 3 rings (SSSR count). The van der Waals surface area contributed by atoms with Gasteiger partial charge in [0.2, 0.25) is 0 Å². The van der Waals surface area contributed by atoms with Gasteiger partial charge in [0.25, 0.3) is 11.8 Å². The van der Waals surface area contributed by atoms with E-state index in [0.29, 0.717) is 27.5 Å². The van der Waals surface area contributed by atoms with Crippen molar-refractivity contribution in [2.45, 2.75) is 13.8 Å². The third-order valence-electron chi connectivity index (χ3n) is 4.10. The largest absolute Gasteiger partial charge is 0.322 e. The zero-order valence-corrected chi connectivity index (χ0v) is 15.8. The molecule has 0 atom stereocenters. The van der Waals surface area contributed by atoms with Gasteiger partial charge in [-0.25, -0.2) is 0 Å². The van der Waals surface area contributed by atoms with E-state index in [1.165, 1.54) is 0 Å². The van der Waals surface area contributed by atoms with Crippen LogP contribution in [0.2, 0.25) is 5.02 Å². The number of nitrogens with one attached hydrogen (secondary N) is 2. The van der Waals surface area contributed by atoms with Crippen molar-refractivity contribution in [1.29, 1.82) is 0 Å². The average Bonchev–Trinajstić information content (AvgIpc) is 2.65. The van der Waals surface area contributed by atoms with Crippen LogP contribution in [0.5, 0.6) is 0 Å². The number of anilines is 2. The number of halogens is 1. The fourth-order valence-electron chi connectivity index (χ4n) is 2.50. The van der Waals surface area contributed by atoms with Crippen LogP contribution in [0, 0.1) is 13.8 Å². The van der Waals surface area contributed by atoms with Crippen LogP contribution in [0.25, 0.3) is 0 Å². The van der Waals surface area contributed by atoms with Crippen molar-refractivity contribution in [1.82, 2.24) is 0 Å². The van der Waals surface area contributed by atoms with Crippen LogP contribution in [0.4, 0.5) is 11.4 Å². The summed E-state index contributed by atoms with van der Waals surface area (Å²) in [6.45, 7) is 3.92. The molecule has 0 aliphatic rings. The van der Waals surface area contributed by atoms with Crippen LogP contribution in [0.3, 0.4) is 0 Å². The molecular weight excluding hydrogens is 360 g/mol. The lowest BCUT2D eigenvalue weighted by molar-refractivity contribution is 0.101. The van der Waals surface area contributed by atoms with E-state index in [9.17, 15) is 9.59 Å². The van der Waals surface area contributed by atoms with Gasteiger partial charge >= 0.3 is 0 Å². The van der Waals surface area contributed by atoms with Crippen molar-refractivity contribution in [3.05, 3.63) is 94.0 Å². The van der Waals surface area contributed by atoms with Gasteiger partial charge < -0.3 is 10.6 Å². The number of rotatable bonds is 4. The Morgan fingerprint density at radius 1 is 0.704 bits per heavy atom. The lowest BCUT2D eigenvalue weighted by Gasteiger charge is -2.10. The summed E-state index contributed by atoms with van der Waals surface area (Å²) in [4.78, 5) is 24.6. The smallest absolute Gasteiger partial charge is 0.255 e. The molecule has 0 aliphatic heterocycles. The Morgan fingerprint density at radius 2 is 1.19 bits per heavy atom. The van der Waals surface area contributed by atoms with Crippen molar-refractivity contribution in [2.24, 2.45) is 0 Å². The van der Waals surface area contributed by atoms with Crippen molar-refractivity contribution >= 4 is 34.8 Å². The van der Waals surface area contributed by atoms with Gasteiger partial charge in [0.15, 0.2) is 0 Å². The zero-order valence-electron chi connectivity index (χ0n) is 15.0. The average molecular weight is 379 g/mol. The molecule has 0 aliphatic carbocycles. The predicted octanol–water partition coefficient (Wildman–Crippen LogP) is 5.46. The van der Waals surface area contributed by atoms with Crippen LogP contribution in [-0.2, 0) is 0 Å². The topological polar surface area (TPSA) is 58.2 Å². The second-order valence-electron chi connectivity index (χ2n) is 6.33. The van der Waals surface area contributed by atoms with Crippen LogP contribution in [-0.4, -0.2) is 11.8 Å². The quantitative estimate of drug-likeness (QED) is 0.633. The highest BCUT2D eigenvalue weighted by molar-refractivity contribution is 6.34. The molecule has 0 bridgehead atoms. The summed E-state index contributed by atoms with van der Waals surface area (Å²) in [5, 5.41) is 5.93. The lowest BCUT2D eigenvalue weighted by Crippen LogP contribution is -2.13. The maximum Gasteiger partial charge on any atom is 0.255 e. The van der Waals surface area contributed by atoms with Gasteiger partial charge in [0, 0.05) is 16.8 Å². The molecule has 27 heavy (non-hydrogen) atoms. The van der Waals surface area contributed by atoms with Gasteiger partial charge in [0.05, 0.1) is 10.7 Å². The summed E-state index contributed by atoms with van der Waals surface area (Å²) in [7, 11) is 0. The monoisotopic (exact) mass is 378 g/mol. The molecule has 0 heterocycles. The molecule has 0 aromatic heterocycles. The zero-order chi connectivity index (χ0) is 19.4. The first-order valence-electron chi connectivity index (χ1n) is 8.48. The molecule has 0 fully saturated rings. The van der Waals surface area contributed by atoms with Gasteiger partial charge in [-0.3, -0.25) is 9.59 Å². The Labute approximate surface area is 163 Å². The molecule has 2 N–H and O–H groups in total. The van der Waals surface area contributed by atoms with E-state index in [1.807, 2.05) is 38.1 Å². The molecule has 5 heteroatoms. The Hall–Kier alpha value is -3.11. The van der Waals surface area contributed by atoms with Crippen LogP contribution < -0.4 is 10.6 Å². The Bertz CT molecular complexity index is 980. The highest BCUT2D eigenvalue weighted by Crippen LogP contribution is 2.26. The minimum absolute atomic E-state index is 0.220. The summed E-state index contributed by atoms with van der Waals surface area (Å²) in [6.07, 6.45) is 0. The maximum atomic E-state index is 12.3. The molecular formula is C22H19ClN2O2. The van der Waals surface area contributed by atoms with E-state index in [4.69, 9.17) is 11.6 Å². The van der Waals surface area contributed by atoms with Crippen LogP contribution in [0.15, 0.2) is 66.7 Å². The van der Waals surface area contributed by atoms with E-state index >= 15 is 0 Å². The SMILES string of the molecule is Cc1ccc(C(=O)Nc2ccc(NC(=O)c3ccc(C)cc3)c(Cl)c2)cc1. The predicted molar refractivity (Wildman–Crippen MR) is 110 cm³/mol. The Kier molecular flexibility index (Phi) is 5.57. The first-order chi connectivity index (χ1) is 12.9. The van der Waals surface area contributed by atoms with Crippen molar-refractivity contribution in [3.8, 4) is 0 Å². The first-order valence-corrected chi connectivity index (χ1v) is 8.86.